The number of ketones is 4. The lowest BCUT2D eigenvalue weighted by Gasteiger charge is -2.29. The number of carbonyl (C=O) groups excluding carboxylic acids is 10. The predicted molar refractivity (Wildman–Crippen MR) is 425 cm³/mol. The van der Waals surface area contributed by atoms with Gasteiger partial charge in [0.05, 0.1) is 90.6 Å². The number of nitrogens with one attached hydrogen (secondary N) is 6. The van der Waals surface area contributed by atoms with Crippen molar-refractivity contribution in [3.63, 3.8) is 0 Å². The summed E-state index contributed by atoms with van der Waals surface area (Å²) >= 11 is 0. The lowest BCUT2D eigenvalue weighted by Crippen LogP contribution is -2.54. The Labute approximate surface area is 676 Å². The number of aromatic hydroxyl groups is 1. The summed E-state index contributed by atoms with van der Waals surface area (Å²) < 4.78 is 43.3. The van der Waals surface area contributed by atoms with Crippen LogP contribution in [0, 0.1) is 5.92 Å². The van der Waals surface area contributed by atoms with Crippen molar-refractivity contribution in [1.29, 1.82) is 0 Å². The second kappa shape index (κ2) is 70.0. The number of rotatable bonds is 81. The second-order valence-electron chi connectivity index (χ2n) is 28.2. The second-order valence-corrected chi connectivity index (χ2v) is 28.2. The summed E-state index contributed by atoms with van der Waals surface area (Å²) in [5.74, 6) is -8.07. The van der Waals surface area contributed by atoms with Crippen molar-refractivity contribution in [2.75, 3.05) is 153 Å². The van der Waals surface area contributed by atoms with Crippen molar-refractivity contribution >= 4 is 82.4 Å². The fourth-order valence-electron chi connectivity index (χ4n) is 11.8. The highest BCUT2D eigenvalue weighted by Gasteiger charge is 2.31. The van der Waals surface area contributed by atoms with Crippen LogP contribution >= 0.6 is 0 Å². The van der Waals surface area contributed by atoms with Gasteiger partial charge in [0.25, 0.3) is 0 Å². The Morgan fingerprint density at radius 3 is 1.38 bits per heavy atom. The van der Waals surface area contributed by atoms with E-state index >= 15 is 0 Å². The average molecular weight is 1640 g/mol. The number of nitrogens with two attached hydrogens (primary N) is 3. The number of carboxylic acid groups (broad SMARTS) is 3. The molecule has 0 aromatic heterocycles. The molecular formula is C79H135N11O25. The van der Waals surface area contributed by atoms with E-state index in [1.807, 2.05) is 0 Å². The molecule has 0 aliphatic heterocycles. The van der Waals surface area contributed by atoms with E-state index in [-0.39, 0.29) is 248 Å². The number of aliphatic carboxylic acids is 3. The van der Waals surface area contributed by atoms with Crippen LogP contribution < -0.4 is 49.1 Å². The molecule has 0 aliphatic rings. The number of phenolic OH excluding ortho intramolecular Hbond substituents is 1. The number of primary amides is 1. The maximum Gasteiger partial charge on any atom is 0.326 e. The van der Waals surface area contributed by atoms with Crippen LogP contribution in [0.1, 0.15) is 198 Å². The van der Waals surface area contributed by atoms with Crippen molar-refractivity contribution in [2.24, 2.45) is 28.1 Å². The molecule has 36 heteroatoms. The van der Waals surface area contributed by atoms with Crippen LogP contribution in [0.2, 0.25) is 0 Å². The summed E-state index contributed by atoms with van der Waals surface area (Å²) in [6.07, 6.45) is 17.8. The van der Waals surface area contributed by atoms with Gasteiger partial charge in [-0.05, 0) is 102 Å². The molecule has 0 spiro atoms. The minimum Gasteiger partial charge on any atom is -0.508 e. The SMILES string of the molecule is CN[C@@H](CCCCNC(=O)COCCOCCNC(=O)COCCOCCCC(=O)COCCOCCNC(=O)COCCOCCCC(=O)CC[C@H](NC(=O)CC[C@H](CC(=O)CCCCCCCCCCCCCCCCC(=O)O)C(=O)O)C(=O)O)C(=O)CN(C)[C@@H](CCCN=C(N)N)C(=O)N[C@@H](Cc1ccc(O)cc1)C(N)=O. The van der Waals surface area contributed by atoms with Crippen molar-refractivity contribution in [2.45, 2.75) is 223 Å². The Kier molecular flexibility index (Phi) is 63.8. The molecule has 0 fully saturated rings. The summed E-state index contributed by atoms with van der Waals surface area (Å²) in [7, 11) is 3.30. The van der Waals surface area contributed by atoms with Crippen LogP contribution in [0.15, 0.2) is 29.3 Å². The van der Waals surface area contributed by atoms with Crippen molar-refractivity contribution in [3.05, 3.63) is 29.8 Å². The molecule has 0 heterocycles. The van der Waals surface area contributed by atoms with Gasteiger partial charge in [0, 0.05) is 90.8 Å². The number of aliphatic imine (C=N–C) groups is 1. The Balaban J connectivity index is 2.02. The van der Waals surface area contributed by atoms with E-state index in [4.69, 9.17) is 60.2 Å². The number of amides is 6. The molecule has 656 valence electrons. The number of nitrogens with zero attached hydrogens (tertiary/aromatic N) is 2. The van der Waals surface area contributed by atoms with E-state index in [1.165, 1.54) is 37.8 Å². The van der Waals surface area contributed by atoms with E-state index in [0.29, 0.717) is 63.7 Å². The molecule has 1 rings (SSSR count). The van der Waals surface area contributed by atoms with E-state index in [0.717, 1.165) is 57.8 Å². The summed E-state index contributed by atoms with van der Waals surface area (Å²) in [5, 5.41) is 53.9. The van der Waals surface area contributed by atoms with Gasteiger partial charge < -0.3 is 107 Å². The molecular weight excluding hydrogens is 1500 g/mol. The largest absolute Gasteiger partial charge is 0.508 e. The first-order valence-electron chi connectivity index (χ1n) is 40.6. The molecule has 0 radical (unpaired) electrons. The van der Waals surface area contributed by atoms with Crippen molar-refractivity contribution < 1.29 is 121 Å². The van der Waals surface area contributed by atoms with Crippen LogP contribution in [0.4, 0.5) is 0 Å². The van der Waals surface area contributed by atoms with Gasteiger partial charge in [0.1, 0.15) is 55.8 Å². The number of unbranched alkanes of at least 4 members (excludes halogenated alkanes) is 14. The minimum atomic E-state index is -1.35. The summed E-state index contributed by atoms with van der Waals surface area (Å²) in [6.45, 7) is 2.58. The number of Topliss-reactive ketones (excluding diaryl/α,β-unsaturated/α-hetero) is 4. The number of benzene rings is 1. The van der Waals surface area contributed by atoms with E-state index in [9.17, 15) is 77.6 Å². The highest BCUT2D eigenvalue weighted by atomic mass is 16.5. The maximum atomic E-state index is 13.6. The van der Waals surface area contributed by atoms with Gasteiger partial charge in [-0.2, -0.15) is 0 Å². The first-order valence-corrected chi connectivity index (χ1v) is 40.6. The Morgan fingerprint density at radius 2 is 0.896 bits per heavy atom. The Bertz CT molecular complexity index is 2950. The number of guanidine groups is 1. The maximum absolute atomic E-state index is 13.6. The van der Waals surface area contributed by atoms with Gasteiger partial charge in [-0.1, -0.05) is 89.2 Å². The third-order valence-corrected chi connectivity index (χ3v) is 18.2. The molecule has 6 amide bonds. The number of ether oxygens (including phenoxy) is 8. The molecule has 5 atom stereocenters. The number of hydrogen-bond donors (Lipinski definition) is 13. The lowest BCUT2D eigenvalue weighted by atomic mass is 9.94. The fraction of sp³-hybridized carbons (Fsp3) is 0.747. The van der Waals surface area contributed by atoms with Crippen molar-refractivity contribution in [3.8, 4) is 5.75 Å². The standard InChI is InChI=1S/C79H135N11O25/c1-83-65(69(95)54-90(2)68(26-19-37-87-79(81)82)76(103)89-67(75(80)102)52-59-28-31-62(92)32-29-59)25-17-18-36-84-71(97)56-115-51-47-111-43-39-86-73(99)58-114-50-45-109-41-21-24-64(94)55-112-48-46-110-42-38-85-72(98)57-113-49-44-108-40-20-23-61(91)33-34-66(78(106)107)88-70(96)35-30-60(77(104)105)53-63(93)22-15-13-11-9-7-5-3-4-6-8-10-12-14-16-27-74(100)101/h28-29,31-32,60,65-68,83,92H,3-27,30,33-58H2,1-2H3,(H2,80,102)(H,84,97)(H,85,98)(H,86,99)(H,88,96)(H,89,103)(H,100,101)(H,104,105)(H,106,107)(H4,81,82,87)/t60-,65+,66+,67+,68+/m1/s1. The summed E-state index contributed by atoms with van der Waals surface area (Å²) in [5.41, 5.74) is 17.2. The van der Waals surface area contributed by atoms with Crippen molar-refractivity contribution in [1.82, 2.24) is 36.8 Å². The summed E-state index contributed by atoms with van der Waals surface area (Å²) in [6, 6.07) is 2.39. The molecule has 0 saturated heterocycles. The molecule has 1 aromatic carbocycles. The molecule has 0 saturated carbocycles. The fourth-order valence-corrected chi connectivity index (χ4v) is 11.8. The summed E-state index contributed by atoms with van der Waals surface area (Å²) in [4.78, 5) is 166. The van der Waals surface area contributed by atoms with E-state index in [1.54, 1.807) is 31.1 Å². The van der Waals surface area contributed by atoms with Gasteiger partial charge >= 0.3 is 17.9 Å². The molecule has 36 nitrogen and oxygen atoms in total. The highest BCUT2D eigenvalue weighted by molar-refractivity contribution is 5.91. The molecule has 0 unspecified atom stereocenters. The molecule has 0 aliphatic carbocycles. The first-order chi connectivity index (χ1) is 55.3. The zero-order valence-electron chi connectivity index (χ0n) is 68.0. The average Bonchev–Trinajstić information content (AvgIpc) is 0.854. The lowest BCUT2D eigenvalue weighted by molar-refractivity contribution is -0.145. The van der Waals surface area contributed by atoms with Crippen LogP contribution in [-0.4, -0.2) is 284 Å². The Morgan fingerprint density at radius 1 is 0.426 bits per heavy atom. The molecule has 115 heavy (non-hydrogen) atoms. The molecule has 1 aromatic rings. The number of phenols is 1. The first kappa shape index (κ1) is 105. The van der Waals surface area contributed by atoms with Gasteiger partial charge in [0.15, 0.2) is 17.5 Å². The van der Waals surface area contributed by atoms with Gasteiger partial charge in [0.2, 0.25) is 35.4 Å². The molecule has 16 N–H and O–H groups in total. The Hall–Kier alpha value is -8.20. The zero-order valence-corrected chi connectivity index (χ0v) is 68.0. The monoisotopic (exact) mass is 1640 g/mol. The van der Waals surface area contributed by atoms with Crippen LogP contribution in [0.5, 0.6) is 5.75 Å². The minimum absolute atomic E-state index is 0.0470. The molecule has 0 bridgehead atoms. The zero-order chi connectivity index (χ0) is 84.9. The van der Waals surface area contributed by atoms with Crippen LogP contribution in [-0.2, 0) is 107 Å². The van der Waals surface area contributed by atoms with Gasteiger partial charge in [-0.25, -0.2) is 4.79 Å². The van der Waals surface area contributed by atoms with E-state index in [2.05, 4.69) is 36.9 Å². The third kappa shape index (κ3) is 61.8. The van der Waals surface area contributed by atoms with Crippen LogP contribution in [0.25, 0.3) is 0 Å². The van der Waals surface area contributed by atoms with E-state index < -0.39 is 65.7 Å². The van der Waals surface area contributed by atoms with Gasteiger partial charge in [-0.3, -0.25) is 67.4 Å². The smallest absolute Gasteiger partial charge is 0.326 e. The van der Waals surface area contributed by atoms with Gasteiger partial charge in [-0.15, -0.1) is 0 Å². The topological polar surface area (TPSA) is 543 Å². The number of carbonyl (C=O) groups is 13. The third-order valence-electron chi connectivity index (χ3n) is 18.2. The predicted octanol–water partition coefficient (Wildman–Crippen LogP) is 2.88. The van der Waals surface area contributed by atoms with Crippen LogP contribution in [0.3, 0.4) is 0 Å². The highest BCUT2D eigenvalue weighted by Crippen LogP contribution is 2.19. The number of carboxylic acids is 3. The number of likely N-dealkylation sites (N-methyl/N-ethyl adjacent to an activating group) is 2. The number of hydrogen-bond acceptors (Lipinski definition) is 25. The quantitative estimate of drug-likeness (QED) is 0.0253. The normalized spacial score (nSPS) is 12.5.